The SMILES string of the molecule is CC/C=C\C/C=C\C/C=C\C/C=C\C/C=C\C/C=C\C/C=C\C/C=C\C/C=C\C/C=C\CCCCC(=O)OC(COC(=O)CCCCCCCCCCCCCCCCCCCCCCCCCCCCCCCCCCCCCCCCC)COC(OCC[N+](C)(C)C)C(=O)O. The van der Waals surface area contributed by atoms with Gasteiger partial charge in [-0.05, 0) is 89.9 Å². The van der Waals surface area contributed by atoms with Gasteiger partial charge in [0.2, 0.25) is 0 Å². The van der Waals surface area contributed by atoms with Crippen molar-refractivity contribution in [2.45, 2.75) is 373 Å². The number of quaternary nitrogens is 1. The molecule has 0 aliphatic carbocycles. The number of esters is 2. The maximum absolute atomic E-state index is 13.0. The molecule has 9 heteroatoms. The number of allylic oxidation sites excluding steroid dienone is 20. The molecule has 0 aromatic rings. The van der Waals surface area contributed by atoms with Crippen LogP contribution in [0.1, 0.15) is 361 Å². The van der Waals surface area contributed by atoms with Crippen LogP contribution in [0.2, 0.25) is 0 Å². The van der Waals surface area contributed by atoms with Gasteiger partial charge in [0.25, 0.3) is 6.29 Å². The van der Waals surface area contributed by atoms with Crippen LogP contribution in [0.3, 0.4) is 0 Å². The lowest BCUT2D eigenvalue weighted by Crippen LogP contribution is -2.40. The molecule has 9 nitrogen and oxygen atoms in total. The first-order chi connectivity index (χ1) is 47.6. The molecule has 0 bridgehead atoms. The van der Waals surface area contributed by atoms with Crippen molar-refractivity contribution in [1.82, 2.24) is 0 Å². The highest BCUT2D eigenvalue weighted by atomic mass is 16.7. The van der Waals surface area contributed by atoms with Crippen LogP contribution >= 0.6 is 0 Å². The Hall–Kier alpha value is -4.31. The smallest absolute Gasteiger partial charge is 0.361 e. The molecule has 2 unspecified atom stereocenters. The fraction of sp³-hybridized carbons (Fsp3) is 0.739. The van der Waals surface area contributed by atoms with E-state index in [9.17, 15) is 19.5 Å². The molecule has 0 radical (unpaired) electrons. The molecule has 0 fully saturated rings. The van der Waals surface area contributed by atoms with Gasteiger partial charge >= 0.3 is 17.9 Å². The van der Waals surface area contributed by atoms with Gasteiger partial charge in [-0.25, -0.2) is 4.79 Å². The van der Waals surface area contributed by atoms with Crippen molar-refractivity contribution in [3.63, 3.8) is 0 Å². The van der Waals surface area contributed by atoms with Gasteiger partial charge in [-0.1, -0.05) is 379 Å². The largest absolute Gasteiger partial charge is 0.477 e. The molecule has 0 spiro atoms. The zero-order valence-corrected chi connectivity index (χ0v) is 64.0. The van der Waals surface area contributed by atoms with Crippen LogP contribution in [0.15, 0.2) is 122 Å². The Kier molecular flexibility index (Phi) is 74.0. The molecule has 0 aromatic heterocycles. The van der Waals surface area contributed by atoms with E-state index >= 15 is 0 Å². The summed E-state index contributed by atoms with van der Waals surface area (Å²) in [5.74, 6) is -2.06. The number of aliphatic carboxylic acids is 1. The Morgan fingerprint density at radius 3 is 0.876 bits per heavy atom. The number of carboxylic acid groups (broad SMARTS) is 1. The van der Waals surface area contributed by atoms with Crippen LogP contribution in [-0.4, -0.2) is 87.4 Å². The van der Waals surface area contributed by atoms with Gasteiger partial charge in [0.1, 0.15) is 13.2 Å². The number of unbranched alkanes of at least 4 members (excludes halogenated alkanes) is 40. The van der Waals surface area contributed by atoms with Crippen molar-refractivity contribution >= 4 is 17.9 Å². The predicted molar refractivity (Wildman–Crippen MR) is 419 cm³/mol. The standard InChI is InChI=1S/C88H153NO8/c1-6-8-10-12-14-16-18-20-22-24-26-28-30-32-34-36-38-40-41-42-43-44-45-47-48-50-52-54-56-58-60-62-64-66-68-70-72-74-76-78-85(90)95-82-84(83-96-88(87(92)93)94-81-80-89(3,4)5)97-86(91)79-77-75-73-71-69-67-65-63-61-59-57-55-53-51-49-46-39-37-35-33-31-29-27-25-23-21-19-17-15-13-11-9-7-2/h9,11,15,17,21,23,27,29,33,35,39,46,51,53,57,59,63,65,69,71,84,88H,6-8,10,12-14,16,18-20,22,24-26,28,30-32,34,36-38,40-45,47-50,52,54-56,58,60-62,64,66-68,70,72-83H2,1-5H3/p+1/b11-9-,17-15-,23-21-,29-27-,35-33-,46-39-,53-51-,59-57-,65-63-,71-69-. The molecule has 0 rings (SSSR count). The van der Waals surface area contributed by atoms with Gasteiger partial charge in [0, 0.05) is 12.8 Å². The molecule has 2 atom stereocenters. The van der Waals surface area contributed by atoms with E-state index < -0.39 is 24.3 Å². The van der Waals surface area contributed by atoms with Crippen molar-refractivity contribution in [3.8, 4) is 0 Å². The third kappa shape index (κ3) is 78.9. The lowest BCUT2D eigenvalue weighted by Gasteiger charge is -2.25. The maximum atomic E-state index is 13.0. The third-order valence-corrected chi connectivity index (χ3v) is 17.7. The predicted octanol–water partition coefficient (Wildman–Crippen LogP) is 26.3. The van der Waals surface area contributed by atoms with Crippen molar-refractivity contribution < 1.29 is 42.9 Å². The average Bonchev–Trinajstić information content (AvgIpc) is 2.59. The van der Waals surface area contributed by atoms with Crippen LogP contribution < -0.4 is 0 Å². The lowest BCUT2D eigenvalue weighted by atomic mass is 10.0. The molecule has 0 saturated carbocycles. The minimum Gasteiger partial charge on any atom is -0.477 e. The summed E-state index contributed by atoms with van der Waals surface area (Å²) in [7, 11) is 5.97. The number of likely N-dealkylation sites (N-methyl/N-ethyl adjacent to an activating group) is 1. The molecule has 0 aliphatic rings. The summed E-state index contributed by atoms with van der Waals surface area (Å²) in [6.45, 7) is 4.75. The molecule has 558 valence electrons. The van der Waals surface area contributed by atoms with E-state index in [1.165, 1.54) is 231 Å². The van der Waals surface area contributed by atoms with Gasteiger partial charge < -0.3 is 28.5 Å². The van der Waals surface area contributed by atoms with Crippen LogP contribution in [0.4, 0.5) is 0 Å². The summed E-state index contributed by atoms with van der Waals surface area (Å²) in [6, 6.07) is 0. The number of rotatable bonds is 75. The molecule has 97 heavy (non-hydrogen) atoms. The zero-order valence-electron chi connectivity index (χ0n) is 64.0. The minimum absolute atomic E-state index is 0.174. The number of hydrogen-bond donors (Lipinski definition) is 1. The first kappa shape index (κ1) is 92.7. The van der Waals surface area contributed by atoms with E-state index in [2.05, 4.69) is 135 Å². The Morgan fingerprint density at radius 2 is 0.588 bits per heavy atom. The number of carbonyl (C=O) groups is 3. The van der Waals surface area contributed by atoms with Gasteiger partial charge in [-0.15, -0.1) is 0 Å². The fourth-order valence-electron chi connectivity index (χ4n) is 11.6. The molecule has 0 aromatic carbocycles. The molecule has 0 heterocycles. The second-order valence-corrected chi connectivity index (χ2v) is 28.4. The molecular weight excluding hydrogens is 1200 g/mol. The van der Waals surface area contributed by atoms with E-state index in [1.807, 2.05) is 21.1 Å². The van der Waals surface area contributed by atoms with Gasteiger partial charge in [-0.2, -0.15) is 0 Å². The number of hydrogen-bond acceptors (Lipinski definition) is 7. The number of carboxylic acids is 1. The fourth-order valence-corrected chi connectivity index (χ4v) is 11.6. The highest BCUT2D eigenvalue weighted by molar-refractivity contribution is 5.71. The summed E-state index contributed by atoms with van der Waals surface area (Å²) in [4.78, 5) is 37.7. The molecular formula is C88H154NO8+. The first-order valence-corrected chi connectivity index (χ1v) is 40.7. The van der Waals surface area contributed by atoms with Crippen LogP contribution in [0, 0.1) is 0 Å². The molecule has 0 saturated heterocycles. The van der Waals surface area contributed by atoms with Crippen LogP contribution in [0.5, 0.6) is 0 Å². The Balaban J connectivity index is 4.08. The van der Waals surface area contributed by atoms with Crippen molar-refractivity contribution in [3.05, 3.63) is 122 Å². The summed E-state index contributed by atoms with van der Waals surface area (Å²) in [6.07, 6.45) is 108. The monoisotopic (exact) mass is 1350 g/mol. The van der Waals surface area contributed by atoms with Gasteiger partial charge in [-0.3, -0.25) is 9.59 Å². The summed E-state index contributed by atoms with van der Waals surface area (Å²) >= 11 is 0. The second-order valence-electron chi connectivity index (χ2n) is 28.4. The third-order valence-electron chi connectivity index (χ3n) is 17.7. The first-order valence-electron chi connectivity index (χ1n) is 40.7. The number of ether oxygens (including phenoxy) is 4. The minimum atomic E-state index is -1.53. The maximum Gasteiger partial charge on any atom is 0.361 e. The summed E-state index contributed by atoms with van der Waals surface area (Å²) in [5.41, 5.74) is 0. The van der Waals surface area contributed by atoms with E-state index in [0.717, 1.165) is 96.3 Å². The van der Waals surface area contributed by atoms with E-state index in [0.29, 0.717) is 23.9 Å². The second kappa shape index (κ2) is 77.4. The molecule has 0 aliphatic heterocycles. The zero-order chi connectivity index (χ0) is 70.4. The Morgan fingerprint density at radius 1 is 0.320 bits per heavy atom. The number of carbonyl (C=O) groups excluding carboxylic acids is 2. The summed E-state index contributed by atoms with van der Waals surface area (Å²) < 4.78 is 23.0. The van der Waals surface area contributed by atoms with Crippen LogP contribution in [0.25, 0.3) is 0 Å². The van der Waals surface area contributed by atoms with Crippen molar-refractivity contribution in [2.24, 2.45) is 0 Å². The highest BCUT2D eigenvalue weighted by Gasteiger charge is 2.25. The Labute approximate surface area is 599 Å². The number of nitrogens with zero attached hydrogens (tertiary/aromatic N) is 1. The Bertz CT molecular complexity index is 2020. The normalized spacial score (nSPS) is 13.3. The molecule has 1 N–H and O–H groups in total. The van der Waals surface area contributed by atoms with Gasteiger partial charge in [0.15, 0.2) is 6.10 Å². The van der Waals surface area contributed by atoms with Crippen LogP contribution in [-0.2, 0) is 33.3 Å². The van der Waals surface area contributed by atoms with E-state index in [4.69, 9.17) is 18.9 Å². The lowest BCUT2D eigenvalue weighted by molar-refractivity contribution is -0.870. The van der Waals surface area contributed by atoms with E-state index in [-0.39, 0.29) is 32.2 Å². The molecule has 0 amide bonds. The van der Waals surface area contributed by atoms with E-state index in [1.54, 1.807) is 0 Å². The van der Waals surface area contributed by atoms with Crippen molar-refractivity contribution in [1.29, 1.82) is 0 Å². The highest BCUT2D eigenvalue weighted by Crippen LogP contribution is 2.19. The topological polar surface area (TPSA) is 108 Å². The average molecular weight is 1350 g/mol. The van der Waals surface area contributed by atoms with Gasteiger partial charge in [0.05, 0.1) is 34.4 Å². The summed E-state index contributed by atoms with van der Waals surface area (Å²) in [5, 5.41) is 9.77. The van der Waals surface area contributed by atoms with Crippen molar-refractivity contribution in [2.75, 3.05) is 47.5 Å². The quantitative estimate of drug-likeness (QED) is 0.0211.